The van der Waals surface area contributed by atoms with E-state index in [0.717, 1.165) is 17.1 Å². The molecule has 0 fully saturated rings. The lowest BCUT2D eigenvalue weighted by molar-refractivity contribution is 0.111. The quantitative estimate of drug-likeness (QED) is 0.801. The Morgan fingerprint density at radius 2 is 2.38 bits per heavy atom. The third-order valence-electron chi connectivity index (χ3n) is 3.02. The molecule has 0 bridgehead atoms. The Labute approximate surface area is 95.2 Å². The number of ether oxygens (including phenoxy) is 2. The third kappa shape index (κ3) is 1.74. The van der Waals surface area contributed by atoms with Crippen molar-refractivity contribution in [3.63, 3.8) is 0 Å². The molecule has 88 valence electrons. The second-order valence-corrected chi connectivity index (χ2v) is 3.90. The van der Waals surface area contributed by atoms with Crippen LogP contribution in [0.25, 0.3) is 0 Å². The summed E-state index contributed by atoms with van der Waals surface area (Å²) < 4.78 is 10.9. The van der Waals surface area contributed by atoms with Gasteiger partial charge in [0.1, 0.15) is 0 Å². The molecule has 16 heavy (non-hydrogen) atoms. The van der Waals surface area contributed by atoms with Crippen LogP contribution in [0.3, 0.4) is 0 Å². The summed E-state index contributed by atoms with van der Waals surface area (Å²) in [4.78, 5) is 0. The molecule has 2 N–H and O–H groups in total. The molecule has 2 atom stereocenters. The predicted molar refractivity (Wildman–Crippen MR) is 60.9 cm³/mol. The highest BCUT2D eigenvalue weighted by Crippen LogP contribution is 2.41. The van der Waals surface area contributed by atoms with Crippen molar-refractivity contribution in [2.24, 2.45) is 5.92 Å². The van der Waals surface area contributed by atoms with Crippen LogP contribution in [0.1, 0.15) is 11.6 Å². The molecule has 0 aromatic heterocycles. The maximum Gasteiger partial charge on any atom is 0.165 e. The van der Waals surface area contributed by atoms with Gasteiger partial charge in [-0.2, -0.15) is 0 Å². The highest BCUT2D eigenvalue weighted by molar-refractivity contribution is 5.49. The van der Waals surface area contributed by atoms with Crippen LogP contribution in [0.5, 0.6) is 11.5 Å². The summed E-state index contributed by atoms with van der Waals surface area (Å²) in [6.07, 6.45) is 0. The van der Waals surface area contributed by atoms with E-state index in [1.54, 1.807) is 7.11 Å². The van der Waals surface area contributed by atoms with E-state index in [4.69, 9.17) is 9.47 Å². The van der Waals surface area contributed by atoms with E-state index in [-0.39, 0.29) is 18.6 Å². The molecule has 1 aromatic carbocycles. The first kappa shape index (κ1) is 11.2. The van der Waals surface area contributed by atoms with E-state index in [9.17, 15) is 5.11 Å². The molecule has 1 aliphatic heterocycles. The van der Waals surface area contributed by atoms with Gasteiger partial charge in [-0.25, -0.2) is 0 Å². The van der Waals surface area contributed by atoms with Crippen molar-refractivity contribution in [3.8, 4) is 11.5 Å². The molecule has 0 radical (unpaired) electrons. The van der Waals surface area contributed by atoms with Gasteiger partial charge in [0, 0.05) is 17.5 Å². The average Bonchev–Trinajstić information content (AvgIpc) is 2.36. The zero-order valence-corrected chi connectivity index (χ0v) is 9.56. The topological polar surface area (TPSA) is 50.7 Å². The minimum absolute atomic E-state index is 0.0876. The van der Waals surface area contributed by atoms with E-state index in [1.807, 2.05) is 25.2 Å². The molecule has 1 aromatic rings. The molecule has 2 rings (SSSR count). The van der Waals surface area contributed by atoms with Crippen LogP contribution < -0.4 is 14.8 Å². The van der Waals surface area contributed by atoms with Gasteiger partial charge in [-0.1, -0.05) is 12.1 Å². The molecule has 4 heteroatoms. The van der Waals surface area contributed by atoms with Gasteiger partial charge in [0.25, 0.3) is 0 Å². The smallest absolute Gasteiger partial charge is 0.165 e. The van der Waals surface area contributed by atoms with Gasteiger partial charge in [-0.3, -0.25) is 0 Å². The second-order valence-electron chi connectivity index (χ2n) is 3.90. The summed E-state index contributed by atoms with van der Waals surface area (Å²) in [6.45, 7) is 0.623. The first-order chi connectivity index (χ1) is 7.81. The van der Waals surface area contributed by atoms with E-state index in [1.165, 1.54) is 0 Å². The lowest BCUT2D eigenvalue weighted by Gasteiger charge is -2.33. The van der Waals surface area contributed by atoms with Crippen molar-refractivity contribution in [1.82, 2.24) is 5.32 Å². The van der Waals surface area contributed by atoms with Crippen molar-refractivity contribution >= 4 is 0 Å². The first-order valence-corrected chi connectivity index (χ1v) is 5.39. The van der Waals surface area contributed by atoms with Gasteiger partial charge in [-0.05, 0) is 13.1 Å². The van der Waals surface area contributed by atoms with Crippen LogP contribution in [0, 0.1) is 5.92 Å². The summed E-state index contributed by atoms with van der Waals surface area (Å²) in [5, 5.41) is 12.5. The summed E-state index contributed by atoms with van der Waals surface area (Å²) in [5.41, 5.74) is 1.05. The first-order valence-electron chi connectivity index (χ1n) is 5.39. The fourth-order valence-corrected chi connectivity index (χ4v) is 2.18. The number of rotatable bonds is 3. The van der Waals surface area contributed by atoms with Crippen LogP contribution >= 0.6 is 0 Å². The van der Waals surface area contributed by atoms with Crippen molar-refractivity contribution in [2.45, 2.75) is 6.04 Å². The number of fused-ring (bicyclic) bond motifs is 1. The van der Waals surface area contributed by atoms with Crippen LogP contribution in [0.15, 0.2) is 18.2 Å². The number of hydrogen-bond acceptors (Lipinski definition) is 4. The molecular formula is C12H17NO3. The minimum Gasteiger partial charge on any atom is -0.493 e. The van der Waals surface area contributed by atoms with Crippen LogP contribution in [0.2, 0.25) is 0 Å². The van der Waals surface area contributed by atoms with Crippen LogP contribution in [-0.4, -0.2) is 32.5 Å². The number of hydrogen-bond donors (Lipinski definition) is 2. The maximum atomic E-state index is 9.29. The lowest BCUT2D eigenvalue weighted by Crippen LogP contribution is -2.35. The van der Waals surface area contributed by atoms with Crippen LogP contribution in [0.4, 0.5) is 0 Å². The van der Waals surface area contributed by atoms with Gasteiger partial charge in [0.2, 0.25) is 0 Å². The number of nitrogens with one attached hydrogen (secondary N) is 1. The zero-order chi connectivity index (χ0) is 11.5. The molecule has 1 aliphatic rings. The Hall–Kier alpha value is -1.26. The molecule has 0 aliphatic carbocycles. The maximum absolute atomic E-state index is 9.29. The third-order valence-corrected chi connectivity index (χ3v) is 3.02. The Bertz CT molecular complexity index is 367. The largest absolute Gasteiger partial charge is 0.493 e. The highest BCUT2D eigenvalue weighted by atomic mass is 16.5. The molecule has 0 saturated heterocycles. The molecule has 1 heterocycles. The Morgan fingerprint density at radius 1 is 1.56 bits per heavy atom. The van der Waals surface area contributed by atoms with E-state index in [2.05, 4.69) is 5.32 Å². The Morgan fingerprint density at radius 3 is 3.00 bits per heavy atom. The van der Waals surface area contributed by atoms with Crippen LogP contribution in [-0.2, 0) is 0 Å². The van der Waals surface area contributed by atoms with E-state index >= 15 is 0 Å². The summed E-state index contributed by atoms with van der Waals surface area (Å²) >= 11 is 0. The lowest BCUT2D eigenvalue weighted by atomic mass is 9.91. The fraction of sp³-hybridized carbons (Fsp3) is 0.500. The average molecular weight is 223 g/mol. The zero-order valence-electron chi connectivity index (χ0n) is 9.56. The predicted octanol–water partition coefficient (Wildman–Crippen LogP) is 0.957. The normalized spacial score (nSPS) is 23.4. The molecule has 0 saturated carbocycles. The molecule has 2 unspecified atom stereocenters. The summed E-state index contributed by atoms with van der Waals surface area (Å²) in [5.74, 6) is 1.62. The highest BCUT2D eigenvalue weighted by Gasteiger charge is 2.30. The minimum atomic E-state index is 0.0876. The van der Waals surface area contributed by atoms with Gasteiger partial charge >= 0.3 is 0 Å². The van der Waals surface area contributed by atoms with Gasteiger partial charge in [0.05, 0.1) is 20.3 Å². The van der Waals surface area contributed by atoms with E-state index < -0.39 is 0 Å². The number of benzene rings is 1. The number of aliphatic hydroxyl groups is 1. The van der Waals surface area contributed by atoms with Gasteiger partial charge in [0.15, 0.2) is 11.5 Å². The Balaban J connectivity index is 2.41. The molecular weight excluding hydrogens is 206 g/mol. The standard InChI is InChI=1S/C12H17NO3/c1-13-11-8(6-14)7-16-12-9(11)4-3-5-10(12)15-2/h3-5,8,11,13-14H,6-7H2,1-2H3. The fourth-order valence-electron chi connectivity index (χ4n) is 2.18. The number of methoxy groups -OCH3 is 1. The van der Waals surface area contributed by atoms with Crippen molar-refractivity contribution in [3.05, 3.63) is 23.8 Å². The van der Waals surface area contributed by atoms with E-state index in [0.29, 0.717) is 6.61 Å². The number of para-hydroxylation sites is 1. The van der Waals surface area contributed by atoms with Crippen molar-refractivity contribution < 1.29 is 14.6 Å². The molecule has 0 amide bonds. The SMILES string of the molecule is CNC1c2cccc(OC)c2OCC1CO. The Kier molecular flexibility index (Phi) is 3.31. The van der Waals surface area contributed by atoms with Gasteiger partial charge in [-0.15, -0.1) is 0 Å². The van der Waals surface area contributed by atoms with Gasteiger partial charge < -0.3 is 19.9 Å². The van der Waals surface area contributed by atoms with Crippen molar-refractivity contribution in [1.29, 1.82) is 0 Å². The molecule has 0 spiro atoms. The summed E-state index contributed by atoms with van der Waals surface area (Å²) in [7, 11) is 3.52. The molecule has 4 nitrogen and oxygen atoms in total. The summed E-state index contributed by atoms with van der Waals surface area (Å²) in [6, 6.07) is 5.93. The number of aliphatic hydroxyl groups excluding tert-OH is 1. The van der Waals surface area contributed by atoms with Crippen molar-refractivity contribution in [2.75, 3.05) is 27.4 Å². The second kappa shape index (κ2) is 4.72. The monoisotopic (exact) mass is 223 g/mol.